The van der Waals surface area contributed by atoms with Gasteiger partial charge in [0.1, 0.15) is 11.6 Å². The molecule has 0 aliphatic carbocycles. The van der Waals surface area contributed by atoms with Crippen molar-refractivity contribution >= 4 is 38.4 Å². The summed E-state index contributed by atoms with van der Waals surface area (Å²) in [6.07, 6.45) is 1.61. The predicted molar refractivity (Wildman–Crippen MR) is 130 cm³/mol. The number of para-hydroxylation sites is 1. The van der Waals surface area contributed by atoms with E-state index in [9.17, 15) is 4.79 Å². The molecule has 1 aromatic heterocycles. The van der Waals surface area contributed by atoms with Crippen LogP contribution in [0.15, 0.2) is 76.0 Å². The highest BCUT2D eigenvalue weighted by Gasteiger charge is 2.12. The number of fused-ring (bicyclic) bond motifs is 1. The van der Waals surface area contributed by atoms with E-state index >= 15 is 0 Å². The Morgan fingerprint density at radius 3 is 2.58 bits per heavy atom. The largest absolute Gasteiger partial charge is 0.492 e. The number of unbranched alkanes of at least 4 members (excludes halogenated alkanes) is 1. The maximum Gasteiger partial charge on any atom is 0.261 e. The Bertz CT molecular complexity index is 1270. The van der Waals surface area contributed by atoms with Crippen LogP contribution < -0.4 is 10.3 Å². The van der Waals surface area contributed by atoms with Gasteiger partial charge in [0, 0.05) is 17.1 Å². The van der Waals surface area contributed by atoms with Crippen LogP contribution >= 0.6 is 27.5 Å². The van der Waals surface area contributed by atoms with Gasteiger partial charge in [-0.15, -0.1) is 0 Å². The second-order valence-electron chi connectivity index (χ2n) is 7.41. The van der Waals surface area contributed by atoms with Crippen molar-refractivity contribution in [3.63, 3.8) is 0 Å². The topological polar surface area (TPSA) is 44.1 Å². The summed E-state index contributed by atoms with van der Waals surface area (Å²) in [6.45, 7) is 3.18. The molecule has 0 atom stereocenters. The number of hydrogen-bond donors (Lipinski definition) is 0. The molecule has 0 amide bonds. The lowest BCUT2D eigenvalue weighted by atomic mass is 10.1. The van der Waals surface area contributed by atoms with Crippen molar-refractivity contribution in [1.29, 1.82) is 0 Å². The predicted octanol–water partition coefficient (Wildman–Crippen LogP) is 6.65. The first-order valence-electron chi connectivity index (χ1n) is 10.2. The molecular weight excluding hydrogens is 476 g/mol. The summed E-state index contributed by atoms with van der Waals surface area (Å²) in [4.78, 5) is 18.0. The van der Waals surface area contributed by atoms with E-state index in [0.717, 1.165) is 28.6 Å². The molecule has 0 N–H and O–H groups in total. The molecule has 0 aliphatic heterocycles. The van der Waals surface area contributed by atoms with Gasteiger partial charge in [-0.05, 0) is 89.8 Å². The third-order valence-corrected chi connectivity index (χ3v) is 5.96. The highest BCUT2D eigenvalue weighted by Crippen LogP contribution is 2.26. The van der Waals surface area contributed by atoms with E-state index in [2.05, 4.69) is 15.9 Å². The van der Waals surface area contributed by atoms with Crippen LogP contribution in [-0.4, -0.2) is 16.2 Å². The second kappa shape index (κ2) is 9.67. The first-order chi connectivity index (χ1) is 15.0. The number of ether oxygens (including phenoxy) is 1. The van der Waals surface area contributed by atoms with Gasteiger partial charge in [-0.25, -0.2) is 4.98 Å². The van der Waals surface area contributed by atoms with E-state index in [1.807, 2.05) is 73.7 Å². The summed E-state index contributed by atoms with van der Waals surface area (Å²) in [7, 11) is 0. The third-order valence-electron chi connectivity index (χ3n) is 5.09. The standard InChI is InChI=1S/C25H22BrClN2O2/c1-17-8-13-23(21(26)16-17)31-15-5-4-14-29-24(18-9-11-19(27)12-10-18)28-22-7-3-2-6-20(22)25(29)30/h2-3,6-13,16H,4-5,14-15H2,1H3. The summed E-state index contributed by atoms with van der Waals surface area (Å²) < 4.78 is 8.60. The van der Waals surface area contributed by atoms with Gasteiger partial charge in [-0.1, -0.05) is 29.8 Å². The Kier molecular flexibility index (Phi) is 6.73. The normalized spacial score (nSPS) is 11.1. The lowest BCUT2D eigenvalue weighted by Crippen LogP contribution is -2.24. The van der Waals surface area contributed by atoms with Gasteiger partial charge in [0.05, 0.1) is 22.0 Å². The van der Waals surface area contributed by atoms with E-state index < -0.39 is 0 Å². The number of aromatic nitrogens is 2. The molecule has 0 unspecified atom stereocenters. The highest BCUT2D eigenvalue weighted by molar-refractivity contribution is 9.10. The van der Waals surface area contributed by atoms with Crippen LogP contribution in [0.25, 0.3) is 22.3 Å². The molecule has 0 radical (unpaired) electrons. The van der Waals surface area contributed by atoms with Crippen molar-refractivity contribution in [1.82, 2.24) is 9.55 Å². The Labute approximate surface area is 194 Å². The number of benzene rings is 3. The zero-order chi connectivity index (χ0) is 21.8. The average molecular weight is 498 g/mol. The van der Waals surface area contributed by atoms with Gasteiger partial charge in [0.25, 0.3) is 5.56 Å². The van der Waals surface area contributed by atoms with Crippen molar-refractivity contribution in [2.24, 2.45) is 0 Å². The lowest BCUT2D eigenvalue weighted by molar-refractivity contribution is 0.301. The van der Waals surface area contributed by atoms with E-state index in [1.165, 1.54) is 5.56 Å². The van der Waals surface area contributed by atoms with Crippen LogP contribution in [-0.2, 0) is 6.54 Å². The Morgan fingerprint density at radius 1 is 1.03 bits per heavy atom. The van der Waals surface area contributed by atoms with Crippen molar-refractivity contribution < 1.29 is 4.74 Å². The van der Waals surface area contributed by atoms with E-state index in [4.69, 9.17) is 21.3 Å². The molecule has 158 valence electrons. The fourth-order valence-electron chi connectivity index (χ4n) is 3.47. The fraction of sp³-hybridized carbons (Fsp3) is 0.200. The van der Waals surface area contributed by atoms with Gasteiger partial charge in [-0.2, -0.15) is 0 Å². The average Bonchev–Trinajstić information content (AvgIpc) is 2.76. The Balaban J connectivity index is 1.53. The molecule has 0 saturated carbocycles. The molecule has 1 heterocycles. The van der Waals surface area contributed by atoms with Crippen molar-refractivity contribution in [2.75, 3.05) is 6.61 Å². The maximum absolute atomic E-state index is 13.2. The quantitative estimate of drug-likeness (QED) is 0.269. The molecular formula is C25H22BrClN2O2. The maximum atomic E-state index is 13.2. The van der Waals surface area contributed by atoms with Gasteiger partial charge in [0.2, 0.25) is 0 Å². The fourth-order valence-corrected chi connectivity index (χ4v) is 4.21. The number of halogens is 2. The monoisotopic (exact) mass is 496 g/mol. The molecule has 0 aliphatic rings. The third kappa shape index (κ3) is 5.00. The van der Waals surface area contributed by atoms with E-state index in [0.29, 0.717) is 34.9 Å². The molecule has 0 spiro atoms. The van der Waals surface area contributed by atoms with Gasteiger partial charge >= 0.3 is 0 Å². The smallest absolute Gasteiger partial charge is 0.261 e. The highest BCUT2D eigenvalue weighted by atomic mass is 79.9. The van der Waals surface area contributed by atoms with Gasteiger partial charge < -0.3 is 4.74 Å². The molecule has 4 rings (SSSR count). The number of aryl methyl sites for hydroxylation is 1. The van der Waals surface area contributed by atoms with Gasteiger partial charge in [0.15, 0.2) is 0 Å². The van der Waals surface area contributed by atoms with Crippen LogP contribution in [0.2, 0.25) is 5.02 Å². The van der Waals surface area contributed by atoms with Crippen LogP contribution in [0.1, 0.15) is 18.4 Å². The number of hydrogen-bond acceptors (Lipinski definition) is 3. The second-order valence-corrected chi connectivity index (χ2v) is 8.70. The lowest BCUT2D eigenvalue weighted by Gasteiger charge is -2.14. The summed E-state index contributed by atoms with van der Waals surface area (Å²) in [5, 5.41) is 1.28. The van der Waals surface area contributed by atoms with E-state index in [1.54, 1.807) is 4.57 Å². The first kappa shape index (κ1) is 21.6. The van der Waals surface area contributed by atoms with Crippen LogP contribution in [0.5, 0.6) is 5.75 Å². The number of nitrogens with zero attached hydrogens (tertiary/aromatic N) is 2. The molecule has 0 saturated heterocycles. The molecule has 3 aromatic carbocycles. The molecule has 4 aromatic rings. The van der Waals surface area contributed by atoms with E-state index in [-0.39, 0.29) is 5.56 Å². The van der Waals surface area contributed by atoms with Crippen molar-refractivity contribution in [2.45, 2.75) is 26.3 Å². The molecule has 31 heavy (non-hydrogen) atoms. The van der Waals surface area contributed by atoms with Crippen LogP contribution in [0.3, 0.4) is 0 Å². The first-order valence-corrected chi connectivity index (χ1v) is 11.3. The van der Waals surface area contributed by atoms with Crippen molar-refractivity contribution in [3.8, 4) is 17.1 Å². The SMILES string of the molecule is Cc1ccc(OCCCCn2c(-c3ccc(Cl)cc3)nc3ccccc3c2=O)c(Br)c1. The summed E-state index contributed by atoms with van der Waals surface area (Å²) in [6, 6.07) is 20.9. The van der Waals surface area contributed by atoms with Crippen LogP contribution in [0, 0.1) is 6.92 Å². The molecule has 0 fully saturated rings. The zero-order valence-corrected chi connectivity index (χ0v) is 19.5. The Hall–Kier alpha value is -2.63. The minimum Gasteiger partial charge on any atom is -0.492 e. The Morgan fingerprint density at radius 2 is 1.81 bits per heavy atom. The molecule has 0 bridgehead atoms. The molecule has 6 heteroatoms. The van der Waals surface area contributed by atoms with Gasteiger partial charge in [-0.3, -0.25) is 9.36 Å². The molecule has 4 nitrogen and oxygen atoms in total. The van der Waals surface area contributed by atoms with Crippen LogP contribution in [0.4, 0.5) is 0 Å². The summed E-state index contributed by atoms with van der Waals surface area (Å²) in [5.41, 5.74) is 2.71. The zero-order valence-electron chi connectivity index (χ0n) is 17.1. The van der Waals surface area contributed by atoms with Crippen molar-refractivity contribution in [3.05, 3.63) is 92.1 Å². The minimum atomic E-state index is -0.0299. The summed E-state index contributed by atoms with van der Waals surface area (Å²) in [5.74, 6) is 1.49. The minimum absolute atomic E-state index is 0.0299. The number of rotatable bonds is 7. The summed E-state index contributed by atoms with van der Waals surface area (Å²) >= 11 is 9.59.